The Balaban J connectivity index is 1.85. The molecule has 108 valence electrons. The second-order valence-electron chi connectivity index (χ2n) is 4.32. The number of thioether (sulfide) groups is 1. The van der Waals surface area contributed by atoms with Gasteiger partial charge in [-0.2, -0.15) is 0 Å². The van der Waals surface area contributed by atoms with Gasteiger partial charge in [-0.05, 0) is 31.4 Å². The predicted molar refractivity (Wildman–Crippen MR) is 85.8 cm³/mol. The van der Waals surface area contributed by atoms with E-state index in [1.807, 2.05) is 37.4 Å². The zero-order valence-electron chi connectivity index (χ0n) is 11.8. The summed E-state index contributed by atoms with van der Waals surface area (Å²) in [7, 11) is 0. The maximum atomic E-state index is 11.7. The Labute approximate surface area is 127 Å². The third-order valence-electron chi connectivity index (χ3n) is 2.64. The highest BCUT2D eigenvalue weighted by Crippen LogP contribution is 2.08. The van der Waals surface area contributed by atoms with Crippen LogP contribution in [0.25, 0.3) is 6.08 Å². The Morgan fingerprint density at radius 3 is 2.48 bits per heavy atom. The molecule has 21 heavy (non-hydrogen) atoms. The van der Waals surface area contributed by atoms with Crippen molar-refractivity contribution in [2.45, 2.75) is 12.1 Å². The van der Waals surface area contributed by atoms with E-state index >= 15 is 0 Å². The Kier molecular flexibility index (Phi) is 5.34. The van der Waals surface area contributed by atoms with Gasteiger partial charge in [-0.15, -0.1) is 0 Å². The van der Waals surface area contributed by atoms with Crippen LogP contribution in [0.1, 0.15) is 11.1 Å². The largest absolute Gasteiger partial charge is 0.298 e. The lowest BCUT2D eigenvalue weighted by molar-refractivity contribution is -0.115. The molecule has 5 nitrogen and oxygen atoms in total. The van der Waals surface area contributed by atoms with Crippen molar-refractivity contribution < 1.29 is 4.79 Å². The average Bonchev–Trinajstić information content (AvgIpc) is 2.53. The van der Waals surface area contributed by atoms with Crippen LogP contribution in [0, 0.1) is 6.92 Å². The van der Waals surface area contributed by atoms with Gasteiger partial charge in [-0.1, -0.05) is 29.5 Å². The number of hydrogen-bond acceptors (Lipinski definition) is 5. The summed E-state index contributed by atoms with van der Waals surface area (Å²) >= 11 is 1.47. The number of hydrogen-bond donors (Lipinski definition) is 2. The molecular weight excluding hydrogens is 284 g/mol. The minimum Gasteiger partial charge on any atom is -0.298 e. The number of benzene rings is 1. The van der Waals surface area contributed by atoms with Crippen molar-refractivity contribution in [1.82, 2.24) is 15.4 Å². The molecule has 0 aliphatic carbocycles. The van der Waals surface area contributed by atoms with E-state index in [0.29, 0.717) is 5.16 Å². The summed E-state index contributed by atoms with van der Waals surface area (Å²) < 4.78 is 0. The lowest BCUT2D eigenvalue weighted by Crippen LogP contribution is -2.27. The SMILES string of the molecule is CSc1ncc(C=CC(=O)NNc2ccc(C)cc2)cn1. The molecule has 0 bridgehead atoms. The third-order valence-corrected chi connectivity index (χ3v) is 3.22. The molecule has 0 aliphatic heterocycles. The van der Waals surface area contributed by atoms with Crippen LogP contribution in [0.5, 0.6) is 0 Å². The fourth-order valence-electron chi connectivity index (χ4n) is 1.50. The van der Waals surface area contributed by atoms with E-state index in [9.17, 15) is 4.79 Å². The topological polar surface area (TPSA) is 66.9 Å². The lowest BCUT2D eigenvalue weighted by Gasteiger charge is -2.06. The predicted octanol–water partition coefficient (Wildman–Crippen LogP) is 2.66. The van der Waals surface area contributed by atoms with Crippen molar-refractivity contribution in [3.63, 3.8) is 0 Å². The highest BCUT2D eigenvalue weighted by Gasteiger charge is 1.97. The van der Waals surface area contributed by atoms with Crippen molar-refractivity contribution in [1.29, 1.82) is 0 Å². The van der Waals surface area contributed by atoms with Gasteiger partial charge in [0.15, 0.2) is 5.16 Å². The molecule has 2 N–H and O–H groups in total. The van der Waals surface area contributed by atoms with E-state index in [2.05, 4.69) is 20.8 Å². The monoisotopic (exact) mass is 300 g/mol. The van der Waals surface area contributed by atoms with Gasteiger partial charge in [0.2, 0.25) is 0 Å². The first-order valence-electron chi connectivity index (χ1n) is 6.34. The van der Waals surface area contributed by atoms with E-state index in [-0.39, 0.29) is 5.91 Å². The molecule has 2 rings (SSSR count). The van der Waals surface area contributed by atoms with Gasteiger partial charge >= 0.3 is 0 Å². The zero-order valence-corrected chi connectivity index (χ0v) is 12.6. The highest BCUT2D eigenvalue weighted by atomic mass is 32.2. The second-order valence-corrected chi connectivity index (χ2v) is 5.09. The van der Waals surface area contributed by atoms with Crippen molar-refractivity contribution in [3.05, 3.63) is 53.9 Å². The minimum atomic E-state index is -0.246. The van der Waals surface area contributed by atoms with Crippen LogP contribution in [0.3, 0.4) is 0 Å². The Bertz CT molecular complexity index is 623. The van der Waals surface area contributed by atoms with Crippen molar-refractivity contribution in [2.75, 3.05) is 11.7 Å². The van der Waals surface area contributed by atoms with Gasteiger partial charge in [0.05, 0.1) is 5.69 Å². The van der Waals surface area contributed by atoms with Crippen molar-refractivity contribution >= 4 is 29.4 Å². The standard InChI is InChI=1S/C15H16N4OS/c1-11-3-6-13(7-4-11)18-19-14(20)8-5-12-9-16-15(21-2)17-10-12/h3-10,18H,1-2H3,(H,19,20). The first-order valence-corrected chi connectivity index (χ1v) is 7.56. The van der Waals surface area contributed by atoms with Crippen LogP contribution < -0.4 is 10.9 Å². The smallest absolute Gasteiger partial charge is 0.262 e. The van der Waals surface area contributed by atoms with Crippen LogP contribution in [0.2, 0.25) is 0 Å². The summed E-state index contributed by atoms with van der Waals surface area (Å²) in [6.07, 6.45) is 8.36. The molecule has 0 spiro atoms. The summed E-state index contributed by atoms with van der Waals surface area (Å²) in [5, 5.41) is 0.706. The van der Waals surface area contributed by atoms with Gasteiger partial charge in [0.1, 0.15) is 0 Å². The lowest BCUT2D eigenvalue weighted by atomic mass is 10.2. The van der Waals surface area contributed by atoms with Crippen molar-refractivity contribution in [3.8, 4) is 0 Å². The Morgan fingerprint density at radius 2 is 1.86 bits per heavy atom. The molecule has 0 saturated carbocycles. The van der Waals surface area contributed by atoms with Gasteiger partial charge in [0, 0.05) is 24.0 Å². The summed E-state index contributed by atoms with van der Waals surface area (Å²) in [4.78, 5) is 19.9. The van der Waals surface area contributed by atoms with Crippen LogP contribution in [-0.4, -0.2) is 22.1 Å². The number of carbonyl (C=O) groups is 1. The number of nitrogens with one attached hydrogen (secondary N) is 2. The zero-order chi connectivity index (χ0) is 15.1. The Morgan fingerprint density at radius 1 is 1.19 bits per heavy atom. The maximum absolute atomic E-state index is 11.7. The van der Waals surface area contributed by atoms with Crippen molar-refractivity contribution in [2.24, 2.45) is 0 Å². The molecular formula is C15H16N4OS. The van der Waals surface area contributed by atoms with E-state index < -0.39 is 0 Å². The summed E-state index contributed by atoms with van der Waals surface area (Å²) in [6.45, 7) is 2.01. The van der Waals surface area contributed by atoms with E-state index in [1.165, 1.54) is 23.4 Å². The molecule has 1 heterocycles. The summed E-state index contributed by atoms with van der Waals surface area (Å²) in [6, 6.07) is 7.73. The molecule has 1 aromatic heterocycles. The molecule has 6 heteroatoms. The maximum Gasteiger partial charge on any atom is 0.262 e. The van der Waals surface area contributed by atoms with Crippen LogP contribution in [0.15, 0.2) is 47.9 Å². The number of hydrazine groups is 1. The van der Waals surface area contributed by atoms with Crippen LogP contribution in [-0.2, 0) is 4.79 Å². The number of amides is 1. The molecule has 1 aromatic carbocycles. The number of rotatable bonds is 5. The van der Waals surface area contributed by atoms with Gasteiger partial charge < -0.3 is 0 Å². The van der Waals surface area contributed by atoms with E-state index in [0.717, 1.165) is 11.3 Å². The summed E-state index contributed by atoms with van der Waals surface area (Å²) in [5.41, 5.74) is 8.20. The molecule has 0 saturated heterocycles. The fraction of sp³-hybridized carbons (Fsp3) is 0.133. The number of aryl methyl sites for hydroxylation is 1. The highest BCUT2D eigenvalue weighted by molar-refractivity contribution is 7.98. The molecule has 0 atom stereocenters. The number of anilines is 1. The van der Waals surface area contributed by atoms with Crippen LogP contribution in [0.4, 0.5) is 5.69 Å². The minimum absolute atomic E-state index is 0.246. The second kappa shape index (κ2) is 7.44. The summed E-state index contributed by atoms with van der Waals surface area (Å²) in [5.74, 6) is -0.246. The quantitative estimate of drug-likeness (QED) is 0.384. The molecule has 0 unspecified atom stereocenters. The molecule has 0 aliphatic rings. The molecule has 2 aromatic rings. The molecule has 0 fully saturated rings. The third kappa shape index (κ3) is 4.92. The first kappa shape index (κ1) is 15.1. The average molecular weight is 300 g/mol. The van der Waals surface area contributed by atoms with Gasteiger partial charge in [-0.3, -0.25) is 15.6 Å². The number of nitrogens with zero attached hydrogens (tertiary/aromatic N) is 2. The van der Waals surface area contributed by atoms with Gasteiger partial charge in [0.25, 0.3) is 5.91 Å². The van der Waals surface area contributed by atoms with E-state index in [4.69, 9.17) is 0 Å². The number of aromatic nitrogens is 2. The molecule has 1 amide bonds. The molecule has 0 radical (unpaired) electrons. The van der Waals surface area contributed by atoms with Gasteiger partial charge in [-0.25, -0.2) is 9.97 Å². The van der Waals surface area contributed by atoms with E-state index in [1.54, 1.807) is 18.5 Å². The Hall–Kier alpha value is -2.34. The number of carbonyl (C=O) groups excluding carboxylic acids is 1. The van der Waals surface area contributed by atoms with Crippen LogP contribution >= 0.6 is 11.8 Å². The fourth-order valence-corrected chi connectivity index (χ4v) is 1.82. The first-order chi connectivity index (χ1) is 10.2. The normalized spacial score (nSPS) is 10.6.